The van der Waals surface area contributed by atoms with E-state index in [1.54, 1.807) is 0 Å². The Hall–Kier alpha value is -1.38. The SMILES string of the molecule is Cc1cc2c(s1)-c1ccccc1-c1sc(C)cc1C2. The van der Waals surface area contributed by atoms with E-state index in [0.29, 0.717) is 0 Å². The molecule has 0 amide bonds. The predicted molar refractivity (Wildman–Crippen MR) is 85.3 cm³/mol. The lowest BCUT2D eigenvalue weighted by atomic mass is 10.0. The van der Waals surface area contributed by atoms with Crippen LogP contribution in [-0.2, 0) is 6.42 Å². The lowest BCUT2D eigenvalue weighted by Gasteiger charge is -2.05. The Labute approximate surface area is 121 Å². The van der Waals surface area contributed by atoms with Crippen molar-refractivity contribution in [1.29, 1.82) is 0 Å². The molecule has 4 rings (SSSR count). The lowest BCUT2D eigenvalue weighted by molar-refractivity contribution is 1.23. The molecule has 0 nitrogen and oxygen atoms in total. The molecule has 2 heteroatoms. The lowest BCUT2D eigenvalue weighted by Crippen LogP contribution is -1.83. The van der Waals surface area contributed by atoms with Gasteiger partial charge in [0.05, 0.1) is 0 Å². The van der Waals surface area contributed by atoms with Gasteiger partial charge in [-0.15, -0.1) is 22.7 Å². The topological polar surface area (TPSA) is 0 Å². The highest BCUT2D eigenvalue weighted by atomic mass is 32.1. The summed E-state index contributed by atoms with van der Waals surface area (Å²) >= 11 is 3.86. The van der Waals surface area contributed by atoms with Gasteiger partial charge in [-0.1, -0.05) is 24.3 Å². The summed E-state index contributed by atoms with van der Waals surface area (Å²) in [6.45, 7) is 4.42. The van der Waals surface area contributed by atoms with Crippen molar-refractivity contribution < 1.29 is 0 Å². The first-order chi connectivity index (χ1) is 9.22. The van der Waals surface area contributed by atoms with Crippen molar-refractivity contribution in [3.63, 3.8) is 0 Å². The largest absolute Gasteiger partial charge is 0.140 e. The molecule has 0 unspecified atom stereocenters. The summed E-state index contributed by atoms with van der Waals surface area (Å²) in [5.41, 5.74) is 5.81. The Morgan fingerprint density at radius 1 is 0.789 bits per heavy atom. The van der Waals surface area contributed by atoms with E-state index in [1.165, 1.54) is 41.8 Å². The maximum atomic E-state index is 2.36. The molecule has 0 atom stereocenters. The van der Waals surface area contributed by atoms with Crippen molar-refractivity contribution in [2.45, 2.75) is 20.3 Å². The van der Waals surface area contributed by atoms with Crippen LogP contribution in [0.25, 0.3) is 20.9 Å². The van der Waals surface area contributed by atoms with Crippen LogP contribution >= 0.6 is 22.7 Å². The van der Waals surface area contributed by atoms with Crippen LogP contribution in [0, 0.1) is 13.8 Å². The maximum absolute atomic E-state index is 2.36. The summed E-state index contributed by atoms with van der Waals surface area (Å²) in [5.74, 6) is 0. The second kappa shape index (κ2) is 4.06. The van der Waals surface area contributed by atoms with E-state index >= 15 is 0 Å². The van der Waals surface area contributed by atoms with E-state index in [1.807, 2.05) is 22.7 Å². The van der Waals surface area contributed by atoms with Crippen molar-refractivity contribution in [3.05, 3.63) is 57.3 Å². The van der Waals surface area contributed by atoms with Crippen LogP contribution in [0.2, 0.25) is 0 Å². The van der Waals surface area contributed by atoms with Crippen molar-refractivity contribution in [2.75, 3.05) is 0 Å². The smallest absolute Gasteiger partial charge is 0.0387 e. The quantitative estimate of drug-likeness (QED) is 0.390. The monoisotopic (exact) mass is 282 g/mol. The Balaban J connectivity index is 2.10. The van der Waals surface area contributed by atoms with Gasteiger partial charge in [0.25, 0.3) is 0 Å². The first kappa shape index (κ1) is 11.4. The third-order valence-corrected chi connectivity index (χ3v) is 5.91. The van der Waals surface area contributed by atoms with Crippen molar-refractivity contribution in [3.8, 4) is 20.9 Å². The third-order valence-electron chi connectivity index (χ3n) is 3.66. The summed E-state index contributed by atoms with van der Waals surface area (Å²) in [7, 11) is 0. The van der Waals surface area contributed by atoms with Gasteiger partial charge in [-0.05, 0) is 37.1 Å². The second-order valence-corrected chi connectivity index (χ2v) is 7.66. The summed E-state index contributed by atoms with van der Waals surface area (Å²) < 4.78 is 0. The number of thiophene rings is 2. The van der Waals surface area contributed by atoms with Crippen LogP contribution in [0.1, 0.15) is 20.9 Å². The Morgan fingerprint density at radius 2 is 1.26 bits per heavy atom. The van der Waals surface area contributed by atoms with Gasteiger partial charge in [-0.25, -0.2) is 0 Å². The van der Waals surface area contributed by atoms with E-state index < -0.39 is 0 Å². The zero-order valence-corrected chi connectivity index (χ0v) is 12.6. The highest BCUT2D eigenvalue weighted by molar-refractivity contribution is 7.16. The van der Waals surface area contributed by atoms with Crippen LogP contribution in [0.15, 0.2) is 36.4 Å². The summed E-state index contributed by atoms with van der Waals surface area (Å²) in [4.78, 5) is 5.76. The van der Waals surface area contributed by atoms with Crippen molar-refractivity contribution in [2.24, 2.45) is 0 Å². The molecule has 0 N–H and O–H groups in total. The normalized spacial score (nSPS) is 12.5. The summed E-state index contributed by atoms with van der Waals surface area (Å²) in [5, 5.41) is 0. The molecule has 0 saturated carbocycles. The Morgan fingerprint density at radius 3 is 1.74 bits per heavy atom. The summed E-state index contributed by atoms with van der Waals surface area (Å²) in [6.07, 6.45) is 1.08. The molecule has 0 aliphatic heterocycles. The number of aryl methyl sites for hydroxylation is 2. The second-order valence-electron chi connectivity index (χ2n) is 5.15. The molecule has 0 spiro atoms. The summed E-state index contributed by atoms with van der Waals surface area (Å²) in [6, 6.07) is 13.6. The van der Waals surface area contributed by atoms with Crippen molar-refractivity contribution >= 4 is 22.7 Å². The van der Waals surface area contributed by atoms with Gasteiger partial charge in [-0.2, -0.15) is 0 Å². The molecule has 2 heterocycles. The van der Waals surface area contributed by atoms with Gasteiger partial charge in [0.2, 0.25) is 0 Å². The van der Waals surface area contributed by atoms with Crippen LogP contribution in [-0.4, -0.2) is 0 Å². The minimum Gasteiger partial charge on any atom is -0.140 e. The third kappa shape index (κ3) is 1.71. The highest BCUT2D eigenvalue weighted by Gasteiger charge is 2.22. The standard InChI is InChI=1S/C17H14S2/c1-10-7-12-9-13-8-11(2)19-17(13)15-6-4-3-5-14(15)16(12)18-10/h3-8H,9H2,1-2H3. The van der Waals surface area contributed by atoms with E-state index in [0.717, 1.165) is 6.42 Å². The number of rotatable bonds is 0. The fraction of sp³-hybridized carbons (Fsp3) is 0.176. The molecule has 0 saturated heterocycles. The van der Waals surface area contributed by atoms with Gasteiger partial charge in [0.15, 0.2) is 0 Å². The van der Waals surface area contributed by atoms with Crippen LogP contribution in [0.4, 0.5) is 0 Å². The molecule has 0 fully saturated rings. The zero-order chi connectivity index (χ0) is 13.0. The molecule has 0 radical (unpaired) electrons. The molecule has 1 aromatic carbocycles. The van der Waals surface area contributed by atoms with Crippen LogP contribution in [0.5, 0.6) is 0 Å². The van der Waals surface area contributed by atoms with Gasteiger partial charge < -0.3 is 0 Å². The van der Waals surface area contributed by atoms with E-state index in [-0.39, 0.29) is 0 Å². The Kier molecular flexibility index (Phi) is 2.44. The minimum absolute atomic E-state index is 1.08. The molecular weight excluding hydrogens is 268 g/mol. The molecule has 1 aliphatic rings. The van der Waals surface area contributed by atoms with E-state index in [9.17, 15) is 0 Å². The molecule has 1 aliphatic carbocycles. The predicted octanol–water partition coefficient (Wildman–Crippen LogP) is 5.66. The molecular formula is C17H14S2. The first-order valence-electron chi connectivity index (χ1n) is 6.51. The minimum atomic E-state index is 1.08. The van der Waals surface area contributed by atoms with E-state index in [2.05, 4.69) is 50.2 Å². The molecule has 3 aromatic rings. The van der Waals surface area contributed by atoms with Crippen molar-refractivity contribution in [1.82, 2.24) is 0 Å². The molecule has 2 aromatic heterocycles. The average Bonchev–Trinajstić information content (AvgIpc) is 2.90. The average molecular weight is 282 g/mol. The fourth-order valence-corrected chi connectivity index (χ4v) is 5.08. The fourth-order valence-electron chi connectivity index (χ4n) is 2.94. The van der Waals surface area contributed by atoms with Gasteiger partial charge in [-0.3, -0.25) is 0 Å². The molecule has 19 heavy (non-hydrogen) atoms. The zero-order valence-electron chi connectivity index (χ0n) is 11.0. The first-order valence-corrected chi connectivity index (χ1v) is 8.14. The number of hydrogen-bond acceptors (Lipinski definition) is 2. The maximum Gasteiger partial charge on any atom is 0.0387 e. The van der Waals surface area contributed by atoms with Gasteiger partial charge >= 0.3 is 0 Å². The van der Waals surface area contributed by atoms with Crippen LogP contribution in [0.3, 0.4) is 0 Å². The highest BCUT2D eigenvalue weighted by Crippen LogP contribution is 2.46. The van der Waals surface area contributed by atoms with Gasteiger partial charge in [0, 0.05) is 37.1 Å². The Bertz CT molecular complexity index is 709. The molecule has 0 bridgehead atoms. The molecule has 94 valence electrons. The van der Waals surface area contributed by atoms with Crippen LogP contribution < -0.4 is 0 Å². The van der Waals surface area contributed by atoms with E-state index in [4.69, 9.17) is 0 Å². The number of hydrogen-bond donors (Lipinski definition) is 0. The number of benzene rings is 1. The van der Waals surface area contributed by atoms with Gasteiger partial charge in [0.1, 0.15) is 0 Å². The number of fused-ring (bicyclic) bond motifs is 5.